The number of hydrogen-bond donors (Lipinski definition) is 1. The maximum atomic E-state index is 12.8. The molecule has 0 unspecified atom stereocenters. The number of Topliss-reactive ketones (excluding diaryl/α,β-unsaturated/α-hetero) is 1. The van der Waals surface area contributed by atoms with Crippen molar-refractivity contribution in [2.45, 2.75) is 104 Å². The fraction of sp³-hybridized carbons (Fsp3) is 0.917. The van der Waals surface area contributed by atoms with E-state index in [0.717, 1.165) is 38.5 Å². The van der Waals surface area contributed by atoms with Gasteiger partial charge in [0, 0.05) is 29.8 Å². The molecule has 28 heavy (non-hydrogen) atoms. The van der Waals surface area contributed by atoms with Crippen LogP contribution >= 0.6 is 0 Å². The number of carbonyl (C=O) groups excluding carboxylic acids is 2. The fourth-order valence-electron chi connectivity index (χ4n) is 5.82. The first-order valence-electron chi connectivity index (χ1n) is 11.9. The van der Waals surface area contributed by atoms with E-state index in [4.69, 9.17) is 0 Å². The van der Waals surface area contributed by atoms with Gasteiger partial charge in [0.05, 0.1) is 0 Å². The molecule has 1 saturated heterocycles. The Balaban J connectivity index is 1.40. The summed E-state index contributed by atoms with van der Waals surface area (Å²) < 4.78 is 0. The monoisotopic (exact) mass is 390 g/mol. The number of likely N-dealkylation sites (tertiary alicyclic amines) is 1. The molecule has 3 rings (SSSR count). The molecule has 1 N–H and O–H groups in total. The van der Waals surface area contributed by atoms with Gasteiger partial charge < -0.3 is 10.2 Å². The molecule has 2 saturated carbocycles. The highest BCUT2D eigenvalue weighted by atomic mass is 16.2. The zero-order valence-electron chi connectivity index (χ0n) is 18.6. The van der Waals surface area contributed by atoms with Crippen molar-refractivity contribution >= 4 is 11.7 Å². The second kappa shape index (κ2) is 9.28. The lowest BCUT2D eigenvalue weighted by Gasteiger charge is -2.47. The van der Waals surface area contributed by atoms with Crippen molar-refractivity contribution in [3.63, 3.8) is 0 Å². The van der Waals surface area contributed by atoms with Gasteiger partial charge in [-0.3, -0.25) is 9.59 Å². The van der Waals surface area contributed by atoms with Gasteiger partial charge in [-0.05, 0) is 96.6 Å². The lowest BCUT2D eigenvalue weighted by molar-refractivity contribution is -0.128. The van der Waals surface area contributed by atoms with Crippen LogP contribution in [0, 0.1) is 23.2 Å². The molecular formula is C24H42N2O2. The highest BCUT2D eigenvalue weighted by Crippen LogP contribution is 2.46. The minimum Gasteiger partial charge on any atom is -0.353 e. The number of piperidine rings is 1. The smallest absolute Gasteiger partial charge is 0.223 e. The first-order chi connectivity index (χ1) is 13.3. The Labute approximate surface area is 172 Å². The van der Waals surface area contributed by atoms with Crippen LogP contribution in [0.1, 0.15) is 91.9 Å². The molecule has 1 amide bonds. The lowest BCUT2D eigenvalue weighted by atomic mass is 9.65. The van der Waals surface area contributed by atoms with Crippen LogP contribution in [-0.2, 0) is 9.59 Å². The van der Waals surface area contributed by atoms with Gasteiger partial charge in [-0.15, -0.1) is 0 Å². The van der Waals surface area contributed by atoms with Crippen molar-refractivity contribution in [2.24, 2.45) is 23.2 Å². The van der Waals surface area contributed by atoms with E-state index in [2.05, 4.69) is 24.1 Å². The summed E-state index contributed by atoms with van der Waals surface area (Å²) in [5.41, 5.74) is 0.511. The standard InChI is InChI=1S/C24H42N2O2/c1-17(2)22(27)19-5-7-21(8-6-19)25-23(28)20-9-11-24(12-10-20)13-15-26(16-14-24)18(3)4/h17-21H,5-16H2,1-4H3,(H,25,28). The molecule has 0 bridgehead atoms. The fourth-order valence-corrected chi connectivity index (χ4v) is 5.82. The minimum atomic E-state index is 0.137. The van der Waals surface area contributed by atoms with Gasteiger partial charge in [0.2, 0.25) is 5.91 Å². The average Bonchev–Trinajstić information content (AvgIpc) is 2.69. The summed E-state index contributed by atoms with van der Waals surface area (Å²) in [5.74, 6) is 1.26. The van der Waals surface area contributed by atoms with E-state index in [1.165, 1.54) is 38.8 Å². The van der Waals surface area contributed by atoms with Crippen molar-refractivity contribution in [3.05, 3.63) is 0 Å². The molecule has 0 atom stereocenters. The summed E-state index contributed by atoms with van der Waals surface area (Å²) >= 11 is 0. The quantitative estimate of drug-likeness (QED) is 0.748. The van der Waals surface area contributed by atoms with E-state index >= 15 is 0 Å². The van der Waals surface area contributed by atoms with E-state index < -0.39 is 0 Å². The molecule has 3 aliphatic rings. The molecule has 0 aromatic rings. The number of amides is 1. The maximum Gasteiger partial charge on any atom is 0.223 e. The summed E-state index contributed by atoms with van der Waals surface area (Å²) in [6.45, 7) is 11.0. The van der Waals surface area contributed by atoms with Gasteiger partial charge in [-0.25, -0.2) is 0 Å². The van der Waals surface area contributed by atoms with Crippen LogP contribution in [0.15, 0.2) is 0 Å². The number of ketones is 1. The summed E-state index contributed by atoms with van der Waals surface area (Å²) in [7, 11) is 0. The molecule has 1 spiro atoms. The van der Waals surface area contributed by atoms with Crippen LogP contribution in [0.25, 0.3) is 0 Å². The molecular weight excluding hydrogens is 348 g/mol. The van der Waals surface area contributed by atoms with Gasteiger partial charge in [0.25, 0.3) is 0 Å². The molecule has 3 fully saturated rings. The zero-order valence-corrected chi connectivity index (χ0v) is 18.6. The van der Waals surface area contributed by atoms with Crippen LogP contribution in [0.3, 0.4) is 0 Å². The summed E-state index contributed by atoms with van der Waals surface area (Å²) in [4.78, 5) is 27.6. The first kappa shape index (κ1) is 21.8. The van der Waals surface area contributed by atoms with Crippen LogP contribution < -0.4 is 5.32 Å². The van der Waals surface area contributed by atoms with Crippen molar-refractivity contribution < 1.29 is 9.59 Å². The van der Waals surface area contributed by atoms with Crippen LogP contribution in [0.4, 0.5) is 0 Å². The number of carbonyl (C=O) groups is 2. The second-order valence-electron chi connectivity index (χ2n) is 10.5. The molecule has 1 aliphatic heterocycles. The van der Waals surface area contributed by atoms with Gasteiger partial charge in [-0.2, -0.15) is 0 Å². The SMILES string of the molecule is CC(C)C(=O)C1CCC(NC(=O)C2CCC3(CC2)CCN(C(C)C)CC3)CC1. The topological polar surface area (TPSA) is 49.4 Å². The van der Waals surface area contributed by atoms with Crippen LogP contribution in [0.5, 0.6) is 0 Å². The predicted octanol–water partition coefficient (Wildman–Crippen LogP) is 4.57. The summed E-state index contributed by atoms with van der Waals surface area (Å²) in [6.07, 6.45) is 11.0. The third kappa shape index (κ3) is 5.17. The Morgan fingerprint density at radius 1 is 0.821 bits per heavy atom. The molecule has 0 radical (unpaired) electrons. The first-order valence-corrected chi connectivity index (χ1v) is 11.9. The Bertz CT molecular complexity index is 531. The van der Waals surface area contributed by atoms with Gasteiger partial charge in [-0.1, -0.05) is 13.8 Å². The van der Waals surface area contributed by atoms with Crippen molar-refractivity contribution in [1.29, 1.82) is 0 Å². The normalized spacial score (nSPS) is 29.4. The molecule has 4 nitrogen and oxygen atoms in total. The van der Waals surface area contributed by atoms with E-state index in [1.807, 2.05) is 13.8 Å². The largest absolute Gasteiger partial charge is 0.353 e. The average molecular weight is 391 g/mol. The van der Waals surface area contributed by atoms with E-state index in [-0.39, 0.29) is 29.7 Å². The molecule has 0 aromatic heterocycles. The zero-order chi connectivity index (χ0) is 20.3. The Kier molecular flexibility index (Phi) is 7.22. The Morgan fingerprint density at radius 2 is 1.39 bits per heavy atom. The van der Waals surface area contributed by atoms with Crippen molar-refractivity contribution in [1.82, 2.24) is 10.2 Å². The lowest BCUT2D eigenvalue weighted by Crippen LogP contribution is -2.47. The highest BCUT2D eigenvalue weighted by Gasteiger charge is 2.40. The number of rotatable bonds is 5. The number of nitrogens with zero attached hydrogens (tertiary/aromatic N) is 1. The molecule has 1 heterocycles. The number of hydrogen-bond acceptors (Lipinski definition) is 3. The van der Waals surface area contributed by atoms with Gasteiger partial charge in [0.15, 0.2) is 0 Å². The highest BCUT2D eigenvalue weighted by molar-refractivity contribution is 5.83. The molecule has 160 valence electrons. The van der Waals surface area contributed by atoms with Crippen molar-refractivity contribution in [2.75, 3.05) is 13.1 Å². The van der Waals surface area contributed by atoms with E-state index in [1.54, 1.807) is 0 Å². The third-order valence-electron chi connectivity index (χ3n) is 8.05. The van der Waals surface area contributed by atoms with Gasteiger partial charge in [0.1, 0.15) is 5.78 Å². The maximum absolute atomic E-state index is 12.8. The predicted molar refractivity (Wildman–Crippen MR) is 114 cm³/mol. The Morgan fingerprint density at radius 3 is 1.89 bits per heavy atom. The van der Waals surface area contributed by atoms with E-state index in [0.29, 0.717) is 17.2 Å². The third-order valence-corrected chi connectivity index (χ3v) is 8.05. The van der Waals surface area contributed by atoms with E-state index in [9.17, 15) is 9.59 Å². The van der Waals surface area contributed by atoms with Crippen LogP contribution in [-0.4, -0.2) is 41.8 Å². The summed E-state index contributed by atoms with van der Waals surface area (Å²) in [6, 6.07) is 0.944. The summed E-state index contributed by atoms with van der Waals surface area (Å²) in [5, 5.41) is 3.33. The minimum absolute atomic E-state index is 0.137. The Hall–Kier alpha value is -0.900. The van der Waals surface area contributed by atoms with Crippen molar-refractivity contribution in [3.8, 4) is 0 Å². The molecule has 2 aliphatic carbocycles. The second-order valence-corrected chi connectivity index (χ2v) is 10.5. The number of nitrogens with one attached hydrogen (secondary N) is 1. The van der Waals surface area contributed by atoms with Crippen LogP contribution in [0.2, 0.25) is 0 Å². The van der Waals surface area contributed by atoms with Gasteiger partial charge >= 0.3 is 0 Å². The molecule has 0 aromatic carbocycles. The molecule has 4 heteroatoms.